The van der Waals surface area contributed by atoms with Crippen molar-refractivity contribution in [2.45, 2.75) is 12.7 Å². The van der Waals surface area contributed by atoms with Crippen LogP contribution in [0.25, 0.3) is 0 Å². The molecule has 0 amide bonds. The van der Waals surface area contributed by atoms with E-state index in [2.05, 4.69) is 11.3 Å². The smallest absolute Gasteiger partial charge is 0.332 e. The maximum absolute atomic E-state index is 10.4. The summed E-state index contributed by atoms with van der Waals surface area (Å²) in [6.07, 6.45) is 0.112. The highest BCUT2D eigenvalue weighted by Gasteiger charge is 2.05. The topological polar surface area (TPSA) is 46.5 Å². The zero-order valence-corrected chi connectivity index (χ0v) is 6.17. The van der Waals surface area contributed by atoms with Crippen LogP contribution in [-0.4, -0.2) is 23.2 Å². The van der Waals surface area contributed by atoms with Crippen molar-refractivity contribution >= 4 is 17.6 Å². The second-order valence-electron chi connectivity index (χ2n) is 1.57. The molecule has 0 aromatic rings. The number of hydrogen-bond donors (Lipinski definition) is 1. The molecule has 0 radical (unpaired) electrons. The van der Waals surface area contributed by atoms with Crippen LogP contribution < -0.4 is 0 Å². The van der Waals surface area contributed by atoms with Crippen LogP contribution in [-0.2, 0) is 9.53 Å². The van der Waals surface area contributed by atoms with Gasteiger partial charge in [0.2, 0.25) is 6.29 Å². The summed E-state index contributed by atoms with van der Waals surface area (Å²) in [4.78, 5) is 10.4. The molecule has 0 bridgehead atoms. The summed E-state index contributed by atoms with van der Waals surface area (Å²) in [5.74, 6) is -0.386. The monoisotopic (exact) mass is 164 g/mol. The molecule has 0 aliphatic heterocycles. The van der Waals surface area contributed by atoms with Gasteiger partial charge < -0.3 is 9.84 Å². The van der Waals surface area contributed by atoms with Gasteiger partial charge in [-0.2, -0.15) is 0 Å². The average Bonchev–Trinajstić information content (AvgIpc) is 1.88. The Morgan fingerprint density at radius 3 is 2.90 bits per heavy atom. The molecule has 0 aromatic carbocycles. The normalized spacial score (nSPS) is 12.2. The molecule has 0 saturated carbocycles. The van der Waals surface area contributed by atoms with E-state index in [9.17, 15) is 4.79 Å². The lowest BCUT2D eigenvalue weighted by molar-refractivity contribution is -0.161. The number of rotatable bonds is 4. The fraction of sp³-hybridized carbons (Fsp3) is 0.500. The highest BCUT2D eigenvalue weighted by molar-refractivity contribution is 6.17. The SMILES string of the molecule is C=CC(=O)OC(O)CCCl. The Balaban J connectivity index is 3.46. The van der Waals surface area contributed by atoms with Gasteiger partial charge in [0, 0.05) is 18.4 Å². The first-order chi connectivity index (χ1) is 4.70. The first kappa shape index (κ1) is 9.46. The number of carbonyl (C=O) groups excluding carboxylic acids is 1. The summed E-state index contributed by atoms with van der Waals surface area (Å²) in [5, 5.41) is 8.78. The molecule has 1 unspecified atom stereocenters. The first-order valence-corrected chi connectivity index (χ1v) is 3.31. The van der Waals surface area contributed by atoms with Crippen LogP contribution >= 0.6 is 11.6 Å². The zero-order chi connectivity index (χ0) is 7.98. The molecule has 1 N–H and O–H groups in total. The summed E-state index contributed by atoms with van der Waals surface area (Å²) in [7, 11) is 0. The van der Waals surface area contributed by atoms with E-state index in [4.69, 9.17) is 16.7 Å². The van der Waals surface area contributed by atoms with Crippen molar-refractivity contribution in [2.24, 2.45) is 0 Å². The largest absolute Gasteiger partial charge is 0.433 e. The average molecular weight is 165 g/mol. The van der Waals surface area contributed by atoms with Gasteiger partial charge in [-0.15, -0.1) is 11.6 Å². The summed E-state index contributed by atoms with van der Waals surface area (Å²) in [6, 6.07) is 0. The molecule has 10 heavy (non-hydrogen) atoms. The van der Waals surface area contributed by atoms with E-state index in [1.807, 2.05) is 0 Å². The minimum atomic E-state index is -1.11. The van der Waals surface area contributed by atoms with Crippen LogP contribution in [0.4, 0.5) is 0 Å². The van der Waals surface area contributed by atoms with Gasteiger partial charge in [-0.3, -0.25) is 0 Å². The van der Waals surface area contributed by atoms with Gasteiger partial charge in [-0.05, 0) is 0 Å². The fourth-order valence-corrected chi connectivity index (χ4v) is 0.521. The Bertz CT molecular complexity index is 124. The minimum absolute atomic E-state index is 0.237. The van der Waals surface area contributed by atoms with Crippen molar-refractivity contribution in [3.05, 3.63) is 12.7 Å². The van der Waals surface area contributed by atoms with E-state index in [0.29, 0.717) is 0 Å². The van der Waals surface area contributed by atoms with Gasteiger partial charge in [0.05, 0.1) is 0 Å². The van der Waals surface area contributed by atoms with Gasteiger partial charge in [0.25, 0.3) is 0 Å². The fourth-order valence-electron chi connectivity index (χ4n) is 0.334. The van der Waals surface area contributed by atoms with Crippen LogP contribution in [0, 0.1) is 0 Å². The Kier molecular flexibility index (Phi) is 4.98. The minimum Gasteiger partial charge on any atom is -0.433 e. The molecular weight excluding hydrogens is 156 g/mol. The van der Waals surface area contributed by atoms with Crippen molar-refractivity contribution in [3.8, 4) is 0 Å². The van der Waals surface area contributed by atoms with Gasteiger partial charge >= 0.3 is 5.97 Å². The van der Waals surface area contributed by atoms with E-state index in [-0.39, 0.29) is 12.3 Å². The molecule has 4 heteroatoms. The molecule has 0 spiro atoms. The Morgan fingerprint density at radius 2 is 2.50 bits per heavy atom. The third kappa shape index (κ3) is 4.35. The Hall–Kier alpha value is -0.540. The van der Waals surface area contributed by atoms with E-state index in [1.54, 1.807) is 0 Å². The van der Waals surface area contributed by atoms with Crippen LogP contribution in [0.3, 0.4) is 0 Å². The molecule has 0 fully saturated rings. The number of hydrogen-bond acceptors (Lipinski definition) is 3. The van der Waals surface area contributed by atoms with Gasteiger partial charge in [-0.1, -0.05) is 6.58 Å². The molecule has 0 aromatic heterocycles. The van der Waals surface area contributed by atoms with Crippen molar-refractivity contribution in [1.29, 1.82) is 0 Å². The lowest BCUT2D eigenvalue weighted by Gasteiger charge is -2.07. The van der Waals surface area contributed by atoms with E-state index >= 15 is 0 Å². The molecule has 1 atom stereocenters. The van der Waals surface area contributed by atoms with Gasteiger partial charge in [0.15, 0.2) is 0 Å². The summed E-state index contributed by atoms with van der Waals surface area (Å²) in [6.45, 7) is 3.16. The standard InChI is InChI=1S/C6H9ClO3/c1-2-5(8)10-6(9)3-4-7/h2,6,9H,1,3-4H2. The molecule has 0 heterocycles. The molecule has 0 saturated heterocycles. The van der Waals surface area contributed by atoms with Crippen LogP contribution in [0.15, 0.2) is 12.7 Å². The molecular formula is C6H9ClO3. The second kappa shape index (κ2) is 5.26. The molecule has 58 valence electrons. The lowest BCUT2D eigenvalue weighted by Crippen LogP contribution is -2.16. The third-order valence-electron chi connectivity index (χ3n) is 0.775. The Labute approximate surface area is 64.2 Å². The molecule has 0 aliphatic rings. The number of ether oxygens (including phenoxy) is 1. The van der Waals surface area contributed by atoms with E-state index < -0.39 is 12.3 Å². The maximum atomic E-state index is 10.4. The summed E-state index contributed by atoms with van der Waals surface area (Å²) in [5.41, 5.74) is 0. The highest BCUT2D eigenvalue weighted by atomic mass is 35.5. The Morgan fingerprint density at radius 1 is 1.90 bits per heavy atom. The summed E-state index contributed by atoms with van der Waals surface area (Å²) >= 11 is 5.25. The van der Waals surface area contributed by atoms with Crippen molar-refractivity contribution in [1.82, 2.24) is 0 Å². The van der Waals surface area contributed by atoms with Crippen LogP contribution in [0.2, 0.25) is 0 Å². The number of halogens is 1. The maximum Gasteiger partial charge on any atom is 0.332 e. The third-order valence-corrected chi connectivity index (χ3v) is 0.993. The predicted octanol–water partition coefficient (Wildman–Crippen LogP) is 0.663. The zero-order valence-electron chi connectivity index (χ0n) is 5.42. The van der Waals surface area contributed by atoms with E-state index in [0.717, 1.165) is 6.08 Å². The first-order valence-electron chi connectivity index (χ1n) is 2.77. The molecule has 3 nitrogen and oxygen atoms in total. The quantitative estimate of drug-likeness (QED) is 0.288. The van der Waals surface area contributed by atoms with Gasteiger partial charge in [-0.25, -0.2) is 4.79 Å². The lowest BCUT2D eigenvalue weighted by atomic mass is 10.5. The predicted molar refractivity (Wildman–Crippen MR) is 37.6 cm³/mol. The number of esters is 1. The number of aliphatic hydroxyl groups is 1. The van der Waals surface area contributed by atoms with Gasteiger partial charge in [0.1, 0.15) is 0 Å². The van der Waals surface area contributed by atoms with E-state index in [1.165, 1.54) is 0 Å². The van der Waals surface area contributed by atoms with Crippen LogP contribution in [0.1, 0.15) is 6.42 Å². The second-order valence-corrected chi connectivity index (χ2v) is 1.95. The summed E-state index contributed by atoms with van der Waals surface area (Å²) < 4.78 is 4.35. The number of aliphatic hydroxyl groups excluding tert-OH is 1. The number of alkyl halides is 1. The van der Waals surface area contributed by atoms with Crippen molar-refractivity contribution in [2.75, 3.05) is 5.88 Å². The highest BCUT2D eigenvalue weighted by Crippen LogP contribution is 1.96. The van der Waals surface area contributed by atoms with Crippen LogP contribution in [0.5, 0.6) is 0 Å². The number of carbonyl (C=O) groups is 1. The molecule has 0 rings (SSSR count). The van der Waals surface area contributed by atoms with Crippen molar-refractivity contribution < 1.29 is 14.6 Å². The van der Waals surface area contributed by atoms with Crippen molar-refractivity contribution in [3.63, 3.8) is 0 Å². The molecule has 0 aliphatic carbocycles.